The number of likely N-dealkylation sites (N-methyl/N-ethyl adjacent to an activating group) is 1. The van der Waals surface area contributed by atoms with Crippen molar-refractivity contribution in [2.75, 3.05) is 20.1 Å². The summed E-state index contributed by atoms with van der Waals surface area (Å²) in [6.07, 6.45) is -0.802. The van der Waals surface area contributed by atoms with E-state index in [2.05, 4.69) is 103 Å². The van der Waals surface area contributed by atoms with Gasteiger partial charge in [0, 0.05) is 37.2 Å². The van der Waals surface area contributed by atoms with Crippen molar-refractivity contribution < 1.29 is 19.4 Å². The molecule has 1 aliphatic rings. The fraction of sp³-hybridized carbons (Fsp3) is 0.342. The fourth-order valence-corrected chi connectivity index (χ4v) is 5.93. The molecule has 236 valence electrons. The lowest BCUT2D eigenvalue weighted by Crippen LogP contribution is -2.44. The highest BCUT2D eigenvalue weighted by atomic mass is 16.7. The lowest BCUT2D eigenvalue weighted by atomic mass is 9.89. The molecule has 5 atom stereocenters. The number of aliphatic hydroxyl groups excluding tert-OH is 1. The highest BCUT2D eigenvalue weighted by molar-refractivity contribution is 5.74. The van der Waals surface area contributed by atoms with Crippen LogP contribution in [0.1, 0.15) is 67.0 Å². The van der Waals surface area contributed by atoms with Crippen LogP contribution in [0, 0.1) is 5.92 Å². The molecular weight excluding hydrogens is 562 g/mol. The number of carbonyl (C=O) groups is 1. The van der Waals surface area contributed by atoms with Crippen LogP contribution in [0.5, 0.6) is 0 Å². The second kappa shape index (κ2) is 15.3. The number of nitrogens with one attached hydrogen (secondary N) is 2. The van der Waals surface area contributed by atoms with E-state index in [9.17, 15) is 9.90 Å². The van der Waals surface area contributed by atoms with E-state index in [1.54, 1.807) is 0 Å². The highest BCUT2D eigenvalue weighted by Gasteiger charge is 2.39. The number of hydrogen-bond donors (Lipinski definition) is 3. The molecule has 1 saturated heterocycles. The monoisotopic (exact) mass is 607 g/mol. The number of rotatable bonds is 11. The standard InChI is InChI=1S/C38H45N3O4/c1-5-39-38(43)40-23-33-13-9-10-14-34(33)30-19-21-32(22-20-30)37-44-35(24-41(4)27(3)29-11-7-6-8-12-29)26(2)36(45-37)31-17-15-28(25-42)16-18-31/h6-22,26-27,35-37,42H,5,23-25H2,1-4H3,(H2,39,40,43). The van der Waals surface area contributed by atoms with E-state index in [4.69, 9.17) is 9.47 Å². The number of urea groups is 1. The SMILES string of the molecule is CCNC(=O)NCc1ccccc1-c1ccc(C2OC(CN(C)C(C)c3ccccc3)C(C)C(c3ccc(CO)cc3)O2)cc1. The predicted octanol–water partition coefficient (Wildman–Crippen LogP) is 7.15. The predicted molar refractivity (Wildman–Crippen MR) is 178 cm³/mol. The Morgan fingerprint density at radius 1 is 0.867 bits per heavy atom. The Morgan fingerprint density at radius 2 is 1.53 bits per heavy atom. The fourth-order valence-electron chi connectivity index (χ4n) is 5.93. The molecule has 0 aliphatic carbocycles. The van der Waals surface area contributed by atoms with Gasteiger partial charge in [0.05, 0.1) is 18.8 Å². The van der Waals surface area contributed by atoms with E-state index < -0.39 is 6.29 Å². The van der Waals surface area contributed by atoms with Gasteiger partial charge in [-0.3, -0.25) is 4.90 Å². The molecule has 3 N–H and O–H groups in total. The molecule has 7 heteroatoms. The number of carbonyl (C=O) groups excluding carboxylic acids is 1. The van der Waals surface area contributed by atoms with Crippen LogP contribution in [-0.4, -0.2) is 42.3 Å². The molecule has 0 aromatic heterocycles. The summed E-state index contributed by atoms with van der Waals surface area (Å²) in [5.41, 5.74) is 7.32. The summed E-state index contributed by atoms with van der Waals surface area (Å²) < 4.78 is 13.4. The van der Waals surface area contributed by atoms with Crippen LogP contribution in [0.4, 0.5) is 4.79 Å². The van der Waals surface area contributed by atoms with Crippen molar-refractivity contribution in [3.05, 3.63) is 131 Å². The molecule has 2 amide bonds. The van der Waals surface area contributed by atoms with Gasteiger partial charge >= 0.3 is 6.03 Å². The molecule has 0 spiro atoms. The second-order valence-electron chi connectivity index (χ2n) is 11.8. The van der Waals surface area contributed by atoms with Crippen molar-refractivity contribution in [3.63, 3.8) is 0 Å². The van der Waals surface area contributed by atoms with Crippen molar-refractivity contribution in [2.24, 2.45) is 5.92 Å². The molecule has 5 unspecified atom stereocenters. The number of nitrogens with zero attached hydrogens (tertiary/aromatic N) is 1. The lowest BCUT2D eigenvalue weighted by molar-refractivity contribution is -0.276. The first-order chi connectivity index (χ1) is 21.9. The maximum absolute atomic E-state index is 12.0. The Labute approximate surface area is 267 Å². The van der Waals surface area contributed by atoms with Crippen molar-refractivity contribution in [1.29, 1.82) is 0 Å². The second-order valence-corrected chi connectivity index (χ2v) is 11.8. The molecule has 4 aromatic carbocycles. The molecular formula is C38H45N3O4. The number of amides is 2. The number of hydrogen-bond acceptors (Lipinski definition) is 5. The average Bonchev–Trinajstić information content (AvgIpc) is 3.08. The van der Waals surface area contributed by atoms with Crippen LogP contribution in [0.25, 0.3) is 11.1 Å². The van der Waals surface area contributed by atoms with Gasteiger partial charge in [0.15, 0.2) is 6.29 Å². The normalized spacial score (nSPS) is 20.5. The van der Waals surface area contributed by atoms with Crippen molar-refractivity contribution in [3.8, 4) is 11.1 Å². The maximum atomic E-state index is 12.0. The summed E-state index contributed by atoms with van der Waals surface area (Å²) in [5, 5.41) is 15.3. The van der Waals surface area contributed by atoms with Crippen molar-refractivity contribution in [1.82, 2.24) is 15.5 Å². The van der Waals surface area contributed by atoms with Gasteiger partial charge < -0.3 is 25.2 Å². The summed E-state index contributed by atoms with van der Waals surface area (Å²) in [6, 6.07) is 35.1. The zero-order valence-electron chi connectivity index (χ0n) is 26.6. The highest BCUT2D eigenvalue weighted by Crippen LogP contribution is 2.42. The molecule has 5 rings (SSSR count). The molecule has 0 radical (unpaired) electrons. The molecule has 0 saturated carbocycles. The lowest BCUT2D eigenvalue weighted by Gasteiger charge is -2.43. The molecule has 1 fully saturated rings. The van der Waals surface area contributed by atoms with Crippen LogP contribution >= 0.6 is 0 Å². The van der Waals surface area contributed by atoms with E-state index >= 15 is 0 Å². The topological polar surface area (TPSA) is 83.1 Å². The van der Waals surface area contributed by atoms with E-state index in [0.29, 0.717) is 13.1 Å². The Morgan fingerprint density at radius 3 is 2.22 bits per heavy atom. The average molecular weight is 608 g/mol. The van der Waals surface area contributed by atoms with Gasteiger partial charge in [0.1, 0.15) is 0 Å². The van der Waals surface area contributed by atoms with Gasteiger partial charge in [-0.15, -0.1) is 0 Å². The van der Waals surface area contributed by atoms with E-state index in [0.717, 1.165) is 39.9 Å². The smallest absolute Gasteiger partial charge is 0.315 e. The van der Waals surface area contributed by atoms with Gasteiger partial charge in [0.25, 0.3) is 0 Å². The zero-order valence-corrected chi connectivity index (χ0v) is 26.6. The summed E-state index contributed by atoms with van der Waals surface area (Å²) in [4.78, 5) is 14.4. The minimum Gasteiger partial charge on any atom is -0.392 e. The quantitative estimate of drug-likeness (QED) is 0.169. The third kappa shape index (κ3) is 7.99. The van der Waals surface area contributed by atoms with Gasteiger partial charge in [-0.2, -0.15) is 0 Å². The Hall–Kier alpha value is -4.01. The van der Waals surface area contributed by atoms with Gasteiger partial charge in [-0.1, -0.05) is 110 Å². The van der Waals surface area contributed by atoms with Crippen LogP contribution < -0.4 is 10.6 Å². The third-order valence-electron chi connectivity index (χ3n) is 8.82. The first kappa shape index (κ1) is 32.4. The van der Waals surface area contributed by atoms with Crippen LogP contribution in [0.2, 0.25) is 0 Å². The van der Waals surface area contributed by atoms with Crippen LogP contribution in [0.3, 0.4) is 0 Å². The molecule has 7 nitrogen and oxygen atoms in total. The van der Waals surface area contributed by atoms with Gasteiger partial charge in [0.2, 0.25) is 0 Å². The van der Waals surface area contributed by atoms with Gasteiger partial charge in [-0.05, 0) is 54.3 Å². The number of benzene rings is 4. The van der Waals surface area contributed by atoms with E-state index in [-0.39, 0.29) is 36.8 Å². The Kier molecular flexibility index (Phi) is 11.0. The molecule has 0 bridgehead atoms. The van der Waals surface area contributed by atoms with Crippen molar-refractivity contribution in [2.45, 2.75) is 58.5 Å². The third-order valence-corrected chi connectivity index (χ3v) is 8.82. The van der Waals surface area contributed by atoms with Crippen molar-refractivity contribution >= 4 is 6.03 Å². The largest absolute Gasteiger partial charge is 0.392 e. The first-order valence-electron chi connectivity index (χ1n) is 15.8. The Bertz CT molecular complexity index is 1510. The Balaban J connectivity index is 1.38. The molecule has 1 heterocycles. The zero-order chi connectivity index (χ0) is 31.8. The van der Waals surface area contributed by atoms with E-state index in [1.807, 2.05) is 43.3 Å². The first-order valence-corrected chi connectivity index (χ1v) is 15.8. The minimum absolute atomic E-state index is 0.00929. The van der Waals surface area contributed by atoms with Gasteiger partial charge in [-0.25, -0.2) is 4.79 Å². The van der Waals surface area contributed by atoms with Crippen LogP contribution in [0.15, 0.2) is 103 Å². The maximum Gasteiger partial charge on any atom is 0.315 e. The molecule has 45 heavy (non-hydrogen) atoms. The molecule has 4 aromatic rings. The summed E-state index contributed by atoms with van der Waals surface area (Å²) in [7, 11) is 2.15. The van der Waals surface area contributed by atoms with Crippen LogP contribution in [-0.2, 0) is 22.6 Å². The number of aliphatic hydroxyl groups is 1. The van der Waals surface area contributed by atoms with E-state index in [1.165, 1.54) is 5.56 Å². The molecule has 1 aliphatic heterocycles. The summed E-state index contributed by atoms with van der Waals surface area (Å²) >= 11 is 0. The minimum atomic E-state index is -0.544. The number of ether oxygens (including phenoxy) is 2. The summed E-state index contributed by atoms with van der Waals surface area (Å²) in [5.74, 6) is 0.0928. The summed E-state index contributed by atoms with van der Waals surface area (Å²) in [6.45, 7) is 8.09.